The Bertz CT molecular complexity index is 76.8. The third-order valence-corrected chi connectivity index (χ3v) is 2.09. The van der Waals surface area contributed by atoms with Crippen LogP contribution in [0.5, 0.6) is 0 Å². The van der Waals surface area contributed by atoms with Crippen LogP contribution >= 0.6 is 11.8 Å². The minimum absolute atomic E-state index is 0.241. The molecule has 3 heteroatoms. The maximum Gasteiger partial charge on any atom is 0.156 e. The molecule has 0 bridgehead atoms. The Balaban J connectivity index is 2.22. The van der Waals surface area contributed by atoms with Crippen molar-refractivity contribution < 1.29 is 9.84 Å². The van der Waals surface area contributed by atoms with E-state index in [1.165, 1.54) is 0 Å². The van der Waals surface area contributed by atoms with E-state index in [0.29, 0.717) is 0 Å². The molecule has 0 aromatic rings. The van der Waals surface area contributed by atoms with Crippen LogP contribution in [0.2, 0.25) is 0 Å². The Morgan fingerprint density at radius 1 is 1.62 bits per heavy atom. The molecule has 0 saturated carbocycles. The van der Waals surface area contributed by atoms with Gasteiger partial charge in [-0.15, -0.1) is 11.8 Å². The Kier molecular flexibility index (Phi) is 2.16. The van der Waals surface area contributed by atoms with Crippen LogP contribution in [0.3, 0.4) is 0 Å². The fourth-order valence-corrected chi connectivity index (χ4v) is 1.37. The maximum absolute atomic E-state index is 8.80. The minimum atomic E-state index is -0.493. The van der Waals surface area contributed by atoms with Gasteiger partial charge in [-0.3, -0.25) is 0 Å². The van der Waals surface area contributed by atoms with Crippen molar-refractivity contribution in [3.8, 4) is 0 Å². The van der Waals surface area contributed by atoms with Gasteiger partial charge in [-0.2, -0.15) is 0 Å². The SMILES string of the molecule is CSC1CC[C@@H](O)O1. The highest BCUT2D eigenvalue weighted by Gasteiger charge is 2.21. The van der Waals surface area contributed by atoms with Gasteiger partial charge in [0.15, 0.2) is 6.29 Å². The number of hydrogen-bond donors (Lipinski definition) is 1. The second-order valence-electron chi connectivity index (χ2n) is 1.83. The molecule has 1 aliphatic heterocycles. The maximum atomic E-state index is 8.80. The molecule has 2 nitrogen and oxygen atoms in total. The molecule has 2 atom stereocenters. The molecule has 0 radical (unpaired) electrons. The summed E-state index contributed by atoms with van der Waals surface area (Å²) in [5, 5.41) is 8.80. The first-order valence-corrected chi connectivity index (χ1v) is 3.98. The Hall–Kier alpha value is 0.270. The smallest absolute Gasteiger partial charge is 0.156 e. The number of aliphatic hydroxyl groups is 1. The molecule has 8 heavy (non-hydrogen) atoms. The van der Waals surface area contributed by atoms with Crippen molar-refractivity contribution in [2.45, 2.75) is 24.6 Å². The zero-order chi connectivity index (χ0) is 5.98. The zero-order valence-corrected chi connectivity index (χ0v) is 5.65. The summed E-state index contributed by atoms with van der Waals surface area (Å²) in [5.41, 5.74) is 0.241. The van der Waals surface area contributed by atoms with Crippen LogP contribution in [0.25, 0.3) is 0 Å². The molecule has 1 heterocycles. The van der Waals surface area contributed by atoms with Crippen LogP contribution in [-0.2, 0) is 4.74 Å². The van der Waals surface area contributed by atoms with Crippen molar-refractivity contribution in [2.24, 2.45) is 0 Å². The van der Waals surface area contributed by atoms with Crippen LogP contribution < -0.4 is 0 Å². The lowest BCUT2D eigenvalue weighted by atomic mass is 10.4. The van der Waals surface area contributed by atoms with Gasteiger partial charge in [0.05, 0.1) is 0 Å². The van der Waals surface area contributed by atoms with E-state index in [4.69, 9.17) is 9.84 Å². The molecule has 0 aromatic carbocycles. The van der Waals surface area contributed by atoms with E-state index in [1.807, 2.05) is 6.26 Å². The van der Waals surface area contributed by atoms with Crippen molar-refractivity contribution in [3.63, 3.8) is 0 Å². The summed E-state index contributed by atoms with van der Waals surface area (Å²) in [6.45, 7) is 0. The van der Waals surface area contributed by atoms with Gasteiger partial charge >= 0.3 is 0 Å². The summed E-state index contributed by atoms with van der Waals surface area (Å²) in [4.78, 5) is 0. The quantitative estimate of drug-likeness (QED) is 0.575. The Morgan fingerprint density at radius 2 is 2.38 bits per heavy atom. The molecule has 0 aliphatic carbocycles. The van der Waals surface area contributed by atoms with E-state index in [1.54, 1.807) is 11.8 Å². The summed E-state index contributed by atoms with van der Waals surface area (Å²) in [7, 11) is 0. The van der Waals surface area contributed by atoms with Gasteiger partial charge in [0.25, 0.3) is 0 Å². The lowest BCUT2D eigenvalue weighted by Gasteiger charge is -2.04. The third-order valence-electron chi connectivity index (χ3n) is 1.22. The molecule has 1 N–H and O–H groups in total. The first-order chi connectivity index (χ1) is 3.83. The van der Waals surface area contributed by atoms with E-state index in [-0.39, 0.29) is 5.44 Å². The second-order valence-corrected chi connectivity index (χ2v) is 2.83. The van der Waals surface area contributed by atoms with Crippen molar-refractivity contribution in [1.82, 2.24) is 0 Å². The molecule has 0 spiro atoms. The summed E-state index contributed by atoms with van der Waals surface area (Å²) >= 11 is 1.65. The summed E-state index contributed by atoms with van der Waals surface area (Å²) in [6.07, 6.45) is 3.28. The highest BCUT2D eigenvalue weighted by Crippen LogP contribution is 2.24. The van der Waals surface area contributed by atoms with Gasteiger partial charge < -0.3 is 9.84 Å². The molecular formula is C5H10O2S. The summed E-state index contributed by atoms with van der Waals surface area (Å²) in [6, 6.07) is 0. The number of rotatable bonds is 1. The zero-order valence-electron chi connectivity index (χ0n) is 4.83. The largest absolute Gasteiger partial charge is 0.368 e. The van der Waals surface area contributed by atoms with Crippen LogP contribution in [0.15, 0.2) is 0 Å². The lowest BCUT2D eigenvalue weighted by molar-refractivity contribution is -0.0677. The van der Waals surface area contributed by atoms with Crippen LogP contribution in [0.4, 0.5) is 0 Å². The number of aliphatic hydroxyl groups excluding tert-OH is 1. The Morgan fingerprint density at radius 3 is 2.62 bits per heavy atom. The first kappa shape index (κ1) is 6.39. The molecule has 1 saturated heterocycles. The monoisotopic (exact) mass is 134 g/mol. The van der Waals surface area contributed by atoms with Crippen LogP contribution in [0.1, 0.15) is 12.8 Å². The van der Waals surface area contributed by atoms with Gasteiger partial charge in [0.2, 0.25) is 0 Å². The Labute approximate surface area is 53.2 Å². The fourth-order valence-electron chi connectivity index (χ4n) is 0.763. The van der Waals surface area contributed by atoms with Gasteiger partial charge in [-0.05, 0) is 12.7 Å². The van der Waals surface area contributed by atoms with Gasteiger partial charge in [-0.1, -0.05) is 0 Å². The number of thioether (sulfide) groups is 1. The number of hydrogen-bond acceptors (Lipinski definition) is 3. The van der Waals surface area contributed by atoms with Crippen LogP contribution in [-0.4, -0.2) is 23.1 Å². The molecule has 1 rings (SSSR count). The van der Waals surface area contributed by atoms with E-state index < -0.39 is 6.29 Å². The molecule has 0 aromatic heterocycles. The highest BCUT2D eigenvalue weighted by molar-refractivity contribution is 7.99. The fraction of sp³-hybridized carbons (Fsp3) is 1.00. The van der Waals surface area contributed by atoms with E-state index in [2.05, 4.69) is 0 Å². The molecule has 0 amide bonds. The summed E-state index contributed by atoms with van der Waals surface area (Å²) < 4.78 is 5.03. The van der Waals surface area contributed by atoms with E-state index in [0.717, 1.165) is 12.8 Å². The molecule has 1 aliphatic rings. The van der Waals surface area contributed by atoms with Crippen molar-refractivity contribution >= 4 is 11.8 Å². The molecule has 1 fully saturated rings. The predicted octanol–water partition coefficient (Wildman–Crippen LogP) is 0.804. The highest BCUT2D eigenvalue weighted by atomic mass is 32.2. The van der Waals surface area contributed by atoms with E-state index in [9.17, 15) is 0 Å². The lowest BCUT2D eigenvalue weighted by Crippen LogP contribution is -2.05. The number of ether oxygens (including phenoxy) is 1. The summed E-state index contributed by atoms with van der Waals surface area (Å²) in [5.74, 6) is 0. The minimum Gasteiger partial charge on any atom is -0.368 e. The van der Waals surface area contributed by atoms with Crippen molar-refractivity contribution in [3.05, 3.63) is 0 Å². The average Bonchev–Trinajstić information content (AvgIpc) is 2.14. The van der Waals surface area contributed by atoms with Crippen LogP contribution in [0, 0.1) is 0 Å². The van der Waals surface area contributed by atoms with Crippen molar-refractivity contribution in [1.29, 1.82) is 0 Å². The van der Waals surface area contributed by atoms with E-state index >= 15 is 0 Å². The normalized spacial score (nSPS) is 38.2. The van der Waals surface area contributed by atoms with Gasteiger partial charge in [-0.25, -0.2) is 0 Å². The second kappa shape index (κ2) is 2.71. The van der Waals surface area contributed by atoms with Crippen molar-refractivity contribution in [2.75, 3.05) is 6.26 Å². The molecule has 1 unspecified atom stereocenters. The third kappa shape index (κ3) is 1.37. The average molecular weight is 134 g/mol. The van der Waals surface area contributed by atoms with Gasteiger partial charge in [0.1, 0.15) is 5.44 Å². The predicted molar refractivity (Wildman–Crippen MR) is 33.6 cm³/mol. The first-order valence-electron chi connectivity index (χ1n) is 2.69. The standard InChI is InChI=1S/C5H10O2S/c1-8-5-3-2-4(6)7-5/h4-6H,2-3H2,1H3/t4-,5?/m0/s1. The topological polar surface area (TPSA) is 29.5 Å². The van der Waals surface area contributed by atoms with Gasteiger partial charge in [0, 0.05) is 6.42 Å². The molecular weight excluding hydrogens is 124 g/mol. The molecule has 48 valence electrons.